The van der Waals surface area contributed by atoms with Crippen LogP contribution in [0.15, 0.2) is 53.4 Å². The van der Waals surface area contributed by atoms with Gasteiger partial charge in [-0.2, -0.15) is 0 Å². The quantitative estimate of drug-likeness (QED) is 0.670. The second kappa shape index (κ2) is 9.23. The van der Waals surface area contributed by atoms with Crippen LogP contribution in [0.2, 0.25) is 0 Å². The van der Waals surface area contributed by atoms with E-state index >= 15 is 0 Å². The van der Waals surface area contributed by atoms with E-state index < -0.39 is 28.1 Å². The molecule has 8 nitrogen and oxygen atoms in total. The number of esters is 2. The normalized spacial score (nSPS) is 12.0. The maximum atomic E-state index is 12.5. The van der Waals surface area contributed by atoms with Crippen molar-refractivity contribution in [3.63, 3.8) is 0 Å². The summed E-state index contributed by atoms with van der Waals surface area (Å²) >= 11 is 0. The molecule has 1 atom stereocenters. The van der Waals surface area contributed by atoms with Crippen molar-refractivity contribution in [3.05, 3.63) is 54.1 Å². The molecule has 0 bridgehead atoms. The van der Waals surface area contributed by atoms with Gasteiger partial charge in [-0.15, -0.1) is 0 Å². The Kier molecular flexibility index (Phi) is 7.00. The van der Waals surface area contributed by atoms with E-state index in [0.29, 0.717) is 12.4 Å². The minimum atomic E-state index is -3.86. The SMILES string of the molecule is CCOc1ccc(S(=O)(=O)Nc2cccc(C(=O)O[C@H](C)C(=O)OC)c2)cc1. The zero-order valence-electron chi connectivity index (χ0n) is 15.7. The van der Waals surface area contributed by atoms with Gasteiger partial charge in [-0.3, -0.25) is 4.72 Å². The summed E-state index contributed by atoms with van der Waals surface area (Å²) in [7, 11) is -2.68. The predicted octanol–water partition coefficient (Wildman–Crippen LogP) is 2.60. The van der Waals surface area contributed by atoms with E-state index in [1.807, 2.05) is 6.92 Å². The molecule has 0 radical (unpaired) electrons. The van der Waals surface area contributed by atoms with Gasteiger partial charge in [0.2, 0.25) is 0 Å². The van der Waals surface area contributed by atoms with E-state index in [9.17, 15) is 18.0 Å². The first-order valence-electron chi connectivity index (χ1n) is 8.41. The number of ether oxygens (including phenoxy) is 3. The first kappa shape index (κ1) is 21.2. The summed E-state index contributed by atoms with van der Waals surface area (Å²) in [6.07, 6.45) is -1.08. The highest BCUT2D eigenvalue weighted by molar-refractivity contribution is 7.92. The topological polar surface area (TPSA) is 108 Å². The van der Waals surface area contributed by atoms with E-state index in [1.165, 1.54) is 50.4 Å². The first-order valence-corrected chi connectivity index (χ1v) is 9.89. The van der Waals surface area contributed by atoms with Crippen molar-refractivity contribution < 1.29 is 32.2 Å². The number of nitrogens with one attached hydrogen (secondary N) is 1. The van der Waals surface area contributed by atoms with Gasteiger partial charge in [-0.1, -0.05) is 6.07 Å². The molecule has 0 heterocycles. The molecule has 2 aromatic carbocycles. The standard InChI is InChI=1S/C19H21NO7S/c1-4-26-16-8-10-17(11-9-16)28(23,24)20-15-7-5-6-14(12-15)19(22)27-13(2)18(21)25-3/h5-13,20H,4H2,1-3H3/t13-/m1/s1. The van der Waals surface area contributed by atoms with Crippen LogP contribution in [0.25, 0.3) is 0 Å². The zero-order valence-corrected chi connectivity index (χ0v) is 16.5. The monoisotopic (exact) mass is 407 g/mol. The third kappa shape index (κ3) is 5.46. The van der Waals surface area contributed by atoms with Gasteiger partial charge in [0, 0.05) is 5.69 Å². The molecule has 0 amide bonds. The van der Waals surface area contributed by atoms with Gasteiger partial charge >= 0.3 is 11.9 Å². The molecule has 2 rings (SSSR count). The van der Waals surface area contributed by atoms with Crippen LogP contribution in [0.3, 0.4) is 0 Å². The van der Waals surface area contributed by atoms with Crippen molar-refractivity contribution in [1.82, 2.24) is 0 Å². The molecule has 150 valence electrons. The van der Waals surface area contributed by atoms with E-state index in [4.69, 9.17) is 9.47 Å². The molecule has 28 heavy (non-hydrogen) atoms. The largest absolute Gasteiger partial charge is 0.494 e. The number of carbonyl (C=O) groups is 2. The number of sulfonamides is 1. The van der Waals surface area contributed by atoms with E-state index in [2.05, 4.69) is 9.46 Å². The summed E-state index contributed by atoms with van der Waals surface area (Å²) in [6.45, 7) is 3.68. The molecule has 0 aliphatic rings. The fourth-order valence-corrected chi connectivity index (χ4v) is 3.30. The van der Waals surface area contributed by atoms with Crippen molar-refractivity contribution in [2.75, 3.05) is 18.4 Å². The van der Waals surface area contributed by atoms with Crippen LogP contribution in [-0.2, 0) is 24.3 Å². The number of hydrogen-bond donors (Lipinski definition) is 1. The number of anilines is 1. The van der Waals surface area contributed by atoms with Crippen molar-refractivity contribution in [2.45, 2.75) is 24.8 Å². The van der Waals surface area contributed by atoms with Gasteiger partial charge < -0.3 is 14.2 Å². The summed E-state index contributed by atoms with van der Waals surface area (Å²) < 4.78 is 42.2. The molecule has 0 aromatic heterocycles. The van der Waals surface area contributed by atoms with Crippen molar-refractivity contribution in [1.29, 1.82) is 0 Å². The van der Waals surface area contributed by atoms with Crippen molar-refractivity contribution >= 4 is 27.6 Å². The number of rotatable bonds is 8. The van der Waals surface area contributed by atoms with Gasteiger partial charge in [0.1, 0.15) is 5.75 Å². The summed E-state index contributed by atoms with van der Waals surface area (Å²) in [5.74, 6) is -0.911. The Morgan fingerprint density at radius 3 is 2.39 bits per heavy atom. The van der Waals surface area contributed by atoms with Crippen LogP contribution in [0.4, 0.5) is 5.69 Å². The lowest BCUT2D eigenvalue weighted by Gasteiger charge is -2.12. The number of carbonyl (C=O) groups excluding carboxylic acids is 2. The van der Waals surface area contributed by atoms with E-state index in [1.54, 1.807) is 12.1 Å². The van der Waals surface area contributed by atoms with Crippen LogP contribution in [0, 0.1) is 0 Å². The Labute approximate surface area is 163 Å². The molecular weight excluding hydrogens is 386 g/mol. The molecule has 2 aromatic rings. The molecule has 0 saturated heterocycles. The highest BCUT2D eigenvalue weighted by Gasteiger charge is 2.20. The van der Waals surface area contributed by atoms with Gasteiger partial charge in [0.05, 0.1) is 24.2 Å². The molecule has 0 aliphatic heterocycles. The Hall–Kier alpha value is -3.07. The number of methoxy groups -OCH3 is 1. The van der Waals surface area contributed by atoms with Crippen LogP contribution >= 0.6 is 0 Å². The first-order chi connectivity index (χ1) is 13.3. The molecule has 9 heteroatoms. The van der Waals surface area contributed by atoms with Gasteiger partial charge in [-0.05, 0) is 56.3 Å². The summed E-state index contributed by atoms with van der Waals surface area (Å²) in [5.41, 5.74) is 0.261. The minimum Gasteiger partial charge on any atom is -0.494 e. The number of hydrogen-bond acceptors (Lipinski definition) is 7. The Bertz CT molecular complexity index is 939. The van der Waals surface area contributed by atoms with Crippen molar-refractivity contribution in [3.8, 4) is 5.75 Å². The van der Waals surface area contributed by atoms with Crippen molar-refractivity contribution in [2.24, 2.45) is 0 Å². The van der Waals surface area contributed by atoms with Gasteiger partial charge in [0.15, 0.2) is 6.10 Å². The molecule has 0 aliphatic carbocycles. The Balaban J connectivity index is 2.14. The van der Waals surface area contributed by atoms with Crippen LogP contribution in [-0.4, -0.2) is 40.2 Å². The molecular formula is C19H21NO7S. The fourth-order valence-electron chi connectivity index (χ4n) is 2.25. The zero-order chi connectivity index (χ0) is 20.7. The second-order valence-corrected chi connectivity index (χ2v) is 7.34. The maximum absolute atomic E-state index is 12.5. The average molecular weight is 407 g/mol. The maximum Gasteiger partial charge on any atom is 0.346 e. The highest BCUT2D eigenvalue weighted by atomic mass is 32.2. The fraction of sp³-hybridized carbons (Fsp3) is 0.263. The summed E-state index contributed by atoms with van der Waals surface area (Å²) in [6, 6.07) is 11.7. The Morgan fingerprint density at radius 2 is 1.79 bits per heavy atom. The smallest absolute Gasteiger partial charge is 0.346 e. The molecule has 1 N–H and O–H groups in total. The van der Waals surface area contributed by atoms with Crippen LogP contribution in [0.5, 0.6) is 5.75 Å². The highest BCUT2D eigenvalue weighted by Crippen LogP contribution is 2.20. The lowest BCUT2D eigenvalue weighted by Crippen LogP contribution is -2.25. The van der Waals surface area contributed by atoms with Gasteiger partial charge in [0.25, 0.3) is 10.0 Å². The second-order valence-electron chi connectivity index (χ2n) is 5.66. The summed E-state index contributed by atoms with van der Waals surface area (Å²) in [5, 5.41) is 0. The molecule has 0 fully saturated rings. The molecule has 0 spiro atoms. The third-order valence-electron chi connectivity index (χ3n) is 3.61. The van der Waals surface area contributed by atoms with E-state index in [0.717, 1.165) is 0 Å². The number of benzene rings is 2. The Morgan fingerprint density at radius 1 is 1.11 bits per heavy atom. The van der Waals surface area contributed by atoms with Crippen LogP contribution in [0.1, 0.15) is 24.2 Å². The predicted molar refractivity (Wildman–Crippen MR) is 102 cm³/mol. The van der Waals surface area contributed by atoms with E-state index in [-0.39, 0.29) is 16.1 Å². The average Bonchev–Trinajstić information content (AvgIpc) is 2.67. The third-order valence-corrected chi connectivity index (χ3v) is 5.01. The van der Waals surface area contributed by atoms with Gasteiger partial charge in [-0.25, -0.2) is 18.0 Å². The lowest BCUT2D eigenvalue weighted by atomic mass is 10.2. The summed E-state index contributed by atoms with van der Waals surface area (Å²) in [4.78, 5) is 23.5. The molecule has 0 unspecified atom stereocenters. The minimum absolute atomic E-state index is 0.0447. The van der Waals surface area contributed by atoms with Crippen LogP contribution < -0.4 is 9.46 Å². The molecule has 0 saturated carbocycles. The lowest BCUT2D eigenvalue weighted by molar-refractivity contribution is -0.149.